The maximum Gasteiger partial charge on any atom is 0.133 e. The first-order valence-corrected chi connectivity index (χ1v) is 4.62. The summed E-state index contributed by atoms with van der Waals surface area (Å²) in [7, 11) is 0. The molecule has 1 fully saturated rings. The zero-order chi connectivity index (χ0) is 8.55. The topological polar surface area (TPSA) is 17.1 Å². The van der Waals surface area contributed by atoms with Crippen molar-refractivity contribution in [3.05, 3.63) is 24.3 Å². The van der Waals surface area contributed by atoms with Gasteiger partial charge < -0.3 is 0 Å². The Morgan fingerprint density at radius 3 is 2.92 bits per heavy atom. The van der Waals surface area contributed by atoms with Crippen LogP contribution in [0.4, 0.5) is 0 Å². The van der Waals surface area contributed by atoms with Crippen molar-refractivity contribution < 1.29 is 4.79 Å². The Morgan fingerprint density at radius 1 is 1.42 bits per heavy atom. The van der Waals surface area contributed by atoms with Gasteiger partial charge in [-0.1, -0.05) is 24.3 Å². The highest BCUT2D eigenvalue weighted by Gasteiger charge is 2.29. The average Bonchev–Trinajstić information content (AvgIpc) is 2.02. The molecule has 2 aliphatic carbocycles. The number of hydrogen-bond donors (Lipinski definition) is 0. The van der Waals surface area contributed by atoms with Crippen LogP contribution in [0, 0.1) is 11.8 Å². The standard InChI is InChI=1S/C11H14O/c1-2-8-3-9-5-10(4-8)7-11(12)6-9/h2-3,9-10H,1,4-7H2. The predicted molar refractivity (Wildman–Crippen MR) is 48.7 cm³/mol. The Bertz CT molecular complexity index is 250. The summed E-state index contributed by atoms with van der Waals surface area (Å²) in [5.41, 5.74) is 1.35. The minimum atomic E-state index is 0.454. The molecule has 1 nitrogen and oxygen atoms in total. The van der Waals surface area contributed by atoms with Crippen LogP contribution in [0.1, 0.15) is 25.7 Å². The predicted octanol–water partition coefficient (Wildman–Crippen LogP) is 2.49. The van der Waals surface area contributed by atoms with Crippen molar-refractivity contribution in [2.75, 3.05) is 0 Å². The van der Waals surface area contributed by atoms with Crippen LogP contribution in [0.5, 0.6) is 0 Å². The van der Waals surface area contributed by atoms with Gasteiger partial charge in [0.2, 0.25) is 0 Å². The van der Waals surface area contributed by atoms with Crippen molar-refractivity contribution in [3.63, 3.8) is 0 Å². The van der Waals surface area contributed by atoms with E-state index < -0.39 is 0 Å². The molecule has 0 amide bonds. The molecular weight excluding hydrogens is 148 g/mol. The molecule has 2 atom stereocenters. The molecular formula is C11H14O. The number of carbonyl (C=O) groups is 1. The van der Waals surface area contributed by atoms with E-state index in [1.165, 1.54) is 12.0 Å². The molecule has 2 aliphatic rings. The molecule has 0 radical (unpaired) electrons. The quantitative estimate of drug-likeness (QED) is 0.579. The van der Waals surface area contributed by atoms with E-state index in [-0.39, 0.29) is 0 Å². The summed E-state index contributed by atoms with van der Waals surface area (Å²) in [6.45, 7) is 3.78. The highest BCUT2D eigenvalue weighted by atomic mass is 16.1. The fourth-order valence-electron chi connectivity index (χ4n) is 2.43. The van der Waals surface area contributed by atoms with Crippen LogP contribution in [0.2, 0.25) is 0 Å². The molecule has 0 aromatic heterocycles. The van der Waals surface area contributed by atoms with Gasteiger partial charge in [-0.25, -0.2) is 0 Å². The fourth-order valence-corrected chi connectivity index (χ4v) is 2.43. The van der Waals surface area contributed by atoms with Crippen LogP contribution in [0.15, 0.2) is 24.3 Å². The van der Waals surface area contributed by atoms with Gasteiger partial charge in [0.25, 0.3) is 0 Å². The molecule has 0 N–H and O–H groups in total. The molecule has 64 valence electrons. The van der Waals surface area contributed by atoms with Crippen molar-refractivity contribution in [2.45, 2.75) is 25.7 Å². The second-order valence-electron chi connectivity index (χ2n) is 3.96. The van der Waals surface area contributed by atoms with Gasteiger partial charge in [0.05, 0.1) is 0 Å². The van der Waals surface area contributed by atoms with E-state index in [0.717, 1.165) is 19.3 Å². The third kappa shape index (κ3) is 1.36. The molecule has 12 heavy (non-hydrogen) atoms. The normalized spacial score (nSPS) is 34.3. The summed E-state index contributed by atoms with van der Waals surface area (Å²) in [6, 6.07) is 0. The number of fused-ring (bicyclic) bond motifs is 2. The summed E-state index contributed by atoms with van der Waals surface area (Å²) in [5, 5.41) is 0. The Kier molecular flexibility index (Phi) is 1.87. The molecule has 0 aliphatic heterocycles. The van der Waals surface area contributed by atoms with Gasteiger partial charge in [0.1, 0.15) is 5.78 Å². The van der Waals surface area contributed by atoms with Crippen LogP contribution >= 0.6 is 0 Å². The molecule has 0 saturated heterocycles. The van der Waals surface area contributed by atoms with Crippen molar-refractivity contribution in [3.8, 4) is 0 Å². The third-order valence-corrected chi connectivity index (χ3v) is 2.88. The number of Topliss-reactive ketones (excluding diaryl/α,β-unsaturated/α-hetero) is 1. The van der Waals surface area contributed by atoms with Gasteiger partial charge in [-0.3, -0.25) is 4.79 Å². The zero-order valence-electron chi connectivity index (χ0n) is 7.25. The summed E-state index contributed by atoms with van der Waals surface area (Å²) in [4.78, 5) is 11.2. The van der Waals surface area contributed by atoms with Crippen molar-refractivity contribution in [2.24, 2.45) is 11.8 Å². The van der Waals surface area contributed by atoms with E-state index in [1.807, 2.05) is 6.08 Å². The minimum Gasteiger partial charge on any atom is -0.300 e. The number of rotatable bonds is 1. The molecule has 2 bridgehead atoms. The number of hydrogen-bond acceptors (Lipinski definition) is 1. The molecule has 0 spiro atoms. The second kappa shape index (κ2) is 2.89. The first kappa shape index (κ1) is 7.78. The SMILES string of the molecule is C=CC1=CC2CC(=O)CC(C1)C2. The van der Waals surface area contributed by atoms with Crippen molar-refractivity contribution >= 4 is 5.78 Å². The van der Waals surface area contributed by atoms with Gasteiger partial charge in [0.15, 0.2) is 0 Å². The van der Waals surface area contributed by atoms with Crippen LogP contribution in [-0.4, -0.2) is 5.78 Å². The van der Waals surface area contributed by atoms with E-state index in [4.69, 9.17) is 0 Å². The molecule has 2 unspecified atom stereocenters. The van der Waals surface area contributed by atoms with Crippen molar-refractivity contribution in [1.82, 2.24) is 0 Å². The van der Waals surface area contributed by atoms with Gasteiger partial charge in [-0.15, -0.1) is 0 Å². The molecule has 1 saturated carbocycles. The van der Waals surface area contributed by atoms with Crippen LogP contribution in [-0.2, 0) is 4.79 Å². The average molecular weight is 162 g/mol. The largest absolute Gasteiger partial charge is 0.300 e. The first-order valence-electron chi connectivity index (χ1n) is 4.62. The van der Waals surface area contributed by atoms with Gasteiger partial charge in [-0.2, -0.15) is 0 Å². The lowest BCUT2D eigenvalue weighted by Crippen LogP contribution is -2.25. The summed E-state index contributed by atoms with van der Waals surface area (Å²) in [5.74, 6) is 1.60. The third-order valence-electron chi connectivity index (χ3n) is 2.88. The Labute approximate surface area is 73.2 Å². The summed E-state index contributed by atoms with van der Waals surface area (Å²) in [6.07, 6.45) is 8.06. The number of ketones is 1. The molecule has 1 heteroatoms. The highest BCUT2D eigenvalue weighted by molar-refractivity contribution is 5.80. The summed E-state index contributed by atoms with van der Waals surface area (Å²) >= 11 is 0. The maximum absolute atomic E-state index is 11.2. The molecule has 0 aromatic carbocycles. The number of allylic oxidation sites excluding steroid dienone is 3. The monoisotopic (exact) mass is 162 g/mol. The van der Waals surface area contributed by atoms with Crippen molar-refractivity contribution in [1.29, 1.82) is 0 Å². The van der Waals surface area contributed by atoms with Gasteiger partial charge in [0, 0.05) is 12.8 Å². The second-order valence-corrected chi connectivity index (χ2v) is 3.96. The van der Waals surface area contributed by atoms with E-state index in [0.29, 0.717) is 17.6 Å². The lowest BCUT2D eigenvalue weighted by atomic mass is 9.73. The van der Waals surface area contributed by atoms with Crippen LogP contribution < -0.4 is 0 Å². The van der Waals surface area contributed by atoms with E-state index in [9.17, 15) is 4.79 Å². The lowest BCUT2D eigenvalue weighted by molar-refractivity contribution is -0.122. The van der Waals surface area contributed by atoms with E-state index in [1.54, 1.807) is 0 Å². The molecule has 0 aromatic rings. The molecule has 2 rings (SSSR count). The zero-order valence-corrected chi connectivity index (χ0v) is 7.25. The van der Waals surface area contributed by atoms with Crippen LogP contribution in [0.25, 0.3) is 0 Å². The Morgan fingerprint density at radius 2 is 2.25 bits per heavy atom. The summed E-state index contributed by atoms with van der Waals surface area (Å²) < 4.78 is 0. The smallest absolute Gasteiger partial charge is 0.133 e. The van der Waals surface area contributed by atoms with Gasteiger partial charge >= 0.3 is 0 Å². The van der Waals surface area contributed by atoms with Crippen LogP contribution in [0.3, 0.4) is 0 Å². The van der Waals surface area contributed by atoms with E-state index >= 15 is 0 Å². The minimum absolute atomic E-state index is 0.454. The first-order chi connectivity index (χ1) is 5.78. The molecule has 0 heterocycles. The lowest BCUT2D eigenvalue weighted by Gasteiger charge is -2.31. The number of carbonyl (C=O) groups excluding carboxylic acids is 1. The Balaban J connectivity index is 2.20. The Hall–Kier alpha value is -0.850. The van der Waals surface area contributed by atoms with Gasteiger partial charge in [-0.05, 0) is 24.7 Å². The van der Waals surface area contributed by atoms with E-state index in [2.05, 4.69) is 12.7 Å². The maximum atomic E-state index is 11.2. The highest BCUT2D eigenvalue weighted by Crippen LogP contribution is 2.37. The fraction of sp³-hybridized carbons (Fsp3) is 0.545.